The van der Waals surface area contributed by atoms with Crippen LogP contribution in [0.3, 0.4) is 0 Å². The first-order valence-electron chi connectivity index (χ1n) is 10.5. The van der Waals surface area contributed by atoms with Crippen molar-refractivity contribution in [2.45, 2.75) is 18.3 Å². The number of benzene rings is 1. The summed E-state index contributed by atoms with van der Waals surface area (Å²) in [6.45, 7) is 0.0281. The van der Waals surface area contributed by atoms with Gasteiger partial charge in [-0.2, -0.15) is 0 Å². The maximum Gasteiger partial charge on any atom is 0.573 e. The van der Waals surface area contributed by atoms with Crippen molar-refractivity contribution < 1.29 is 37.3 Å². The van der Waals surface area contributed by atoms with Gasteiger partial charge >= 0.3 is 6.36 Å². The SMILES string of the molecule is O=C(N[C@]1(c2ccc(OC(F)(F)F)cc2)CCOc2cccnc21)c1ccc2nccn2c1.O=CO. The second-order valence-corrected chi connectivity index (χ2v) is 7.60. The van der Waals surface area contributed by atoms with Crippen molar-refractivity contribution in [2.75, 3.05) is 6.61 Å². The topological polar surface area (TPSA) is 115 Å². The summed E-state index contributed by atoms with van der Waals surface area (Å²) in [6.07, 6.45) is 2.12. The molecule has 0 spiro atoms. The van der Waals surface area contributed by atoms with Crippen LogP contribution in [0, 0.1) is 0 Å². The van der Waals surface area contributed by atoms with Crippen molar-refractivity contribution in [1.29, 1.82) is 0 Å². The number of fused-ring (bicyclic) bond motifs is 2. The minimum atomic E-state index is -4.80. The van der Waals surface area contributed by atoms with Gasteiger partial charge in [0.15, 0.2) is 0 Å². The van der Waals surface area contributed by atoms with Crippen LogP contribution in [0.1, 0.15) is 28.0 Å². The Morgan fingerprint density at radius 1 is 1.14 bits per heavy atom. The summed E-state index contributed by atoms with van der Waals surface area (Å²) in [7, 11) is 0. The smallest absolute Gasteiger partial charge is 0.491 e. The summed E-state index contributed by atoms with van der Waals surface area (Å²) in [4.78, 5) is 30.3. The quantitative estimate of drug-likeness (QED) is 0.410. The molecule has 1 aliphatic rings. The molecule has 0 unspecified atom stereocenters. The zero-order valence-corrected chi connectivity index (χ0v) is 18.5. The molecule has 4 heterocycles. The Morgan fingerprint density at radius 3 is 2.61 bits per heavy atom. The van der Waals surface area contributed by atoms with Gasteiger partial charge in [0.2, 0.25) is 0 Å². The first-order valence-corrected chi connectivity index (χ1v) is 10.5. The molecule has 1 aromatic carbocycles. The number of ether oxygens (including phenoxy) is 2. The number of imidazole rings is 1. The zero-order chi connectivity index (χ0) is 25.8. The van der Waals surface area contributed by atoms with E-state index in [4.69, 9.17) is 14.6 Å². The van der Waals surface area contributed by atoms with E-state index in [0.29, 0.717) is 34.6 Å². The van der Waals surface area contributed by atoms with Crippen molar-refractivity contribution in [1.82, 2.24) is 19.7 Å². The number of halogens is 3. The van der Waals surface area contributed by atoms with Crippen LogP contribution >= 0.6 is 0 Å². The molecule has 1 amide bonds. The maximum atomic E-state index is 13.3. The molecular formula is C24H19F3N4O5. The Kier molecular flexibility index (Phi) is 6.77. The molecule has 5 rings (SSSR count). The fraction of sp³-hybridized carbons (Fsp3) is 0.167. The van der Waals surface area contributed by atoms with E-state index in [9.17, 15) is 18.0 Å². The third-order valence-corrected chi connectivity index (χ3v) is 5.47. The lowest BCUT2D eigenvalue weighted by Gasteiger charge is -2.39. The number of aromatic nitrogens is 3. The van der Waals surface area contributed by atoms with E-state index in [-0.39, 0.29) is 24.7 Å². The lowest BCUT2D eigenvalue weighted by Crippen LogP contribution is -2.50. The number of hydrogen-bond acceptors (Lipinski definition) is 6. The molecule has 12 heteroatoms. The molecule has 0 saturated carbocycles. The fourth-order valence-corrected chi connectivity index (χ4v) is 4.00. The fourth-order valence-electron chi connectivity index (χ4n) is 4.00. The molecule has 1 atom stereocenters. The molecule has 3 aromatic heterocycles. The third kappa shape index (κ3) is 5.06. The van der Waals surface area contributed by atoms with Gasteiger partial charge in [0.05, 0.1) is 12.2 Å². The average molecular weight is 500 g/mol. The van der Waals surface area contributed by atoms with Gasteiger partial charge in [-0.1, -0.05) is 12.1 Å². The van der Waals surface area contributed by atoms with Gasteiger partial charge in [0, 0.05) is 31.2 Å². The summed E-state index contributed by atoms with van der Waals surface area (Å²) in [5.41, 5.74) is 0.989. The van der Waals surface area contributed by atoms with E-state index < -0.39 is 11.9 Å². The molecule has 36 heavy (non-hydrogen) atoms. The van der Waals surface area contributed by atoms with Crippen LogP contribution < -0.4 is 14.8 Å². The van der Waals surface area contributed by atoms with Crippen LogP contribution in [0.5, 0.6) is 11.5 Å². The van der Waals surface area contributed by atoms with Crippen molar-refractivity contribution in [3.63, 3.8) is 0 Å². The van der Waals surface area contributed by atoms with Crippen LogP contribution in [0.15, 0.2) is 73.3 Å². The normalized spacial score (nSPS) is 16.6. The van der Waals surface area contributed by atoms with Crippen LogP contribution in [0.25, 0.3) is 5.65 Å². The van der Waals surface area contributed by atoms with Gasteiger partial charge in [-0.3, -0.25) is 14.6 Å². The Hall–Kier alpha value is -4.61. The van der Waals surface area contributed by atoms with Crippen molar-refractivity contribution in [3.05, 3.63) is 90.1 Å². The number of alkyl halides is 3. The summed E-state index contributed by atoms with van der Waals surface area (Å²) < 4.78 is 49.3. The Balaban J connectivity index is 0.000000967. The molecular weight excluding hydrogens is 481 g/mol. The minimum absolute atomic E-state index is 0.250. The molecule has 0 fully saturated rings. The van der Waals surface area contributed by atoms with Crippen molar-refractivity contribution >= 4 is 18.0 Å². The molecule has 0 bridgehead atoms. The van der Waals surface area contributed by atoms with Crippen molar-refractivity contribution in [2.24, 2.45) is 0 Å². The molecule has 1 aliphatic heterocycles. The Labute approximate surface area is 202 Å². The first kappa shape index (κ1) is 24.5. The summed E-state index contributed by atoms with van der Waals surface area (Å²) in [5.74, 6) is -0.240. The Bertz CT molecular complexity index is 1370. The van der Waals surface area contributed by atoms with E-state index in [0.717, 1.165) is 0 Å². The summed E-state index contributed by atoms with van der Waals surface area (Å²) >= 11 is 0. The predicted molar refractivity (Wildman–Crippen MR) is 120 cm³/mol. The molecule has 0 aliphatic carbocycles. The highest BCUT2D eigenvalue weighted by molar-refractivity contribution is 5.95. The third-order valence-electron chi connectivity index (χ3n) is 5.47. The number of carboxylic acid groups (broad SMARTS) is 1. The van der Waals surface area contributed by atoms with Gasteiger partial charge in [0.25, 0.3) is 12.4 Å². The second kappa shape index (κ2) is 9.94. The number of carbonyl (C=O) groups is 2. The number of carbonyl (C=O) groups excluding carboxylic acids is 1. The summed E-state index contributed by atoms with van der Waals surface area (Å²) in [6, 6.07) is 12.2. The zero-order valence-electron chi connectivity index (χ0n) is 18.5. The van der Waals surface area contributed by atoms with E-state index >= 15 is 0 Å². The van der Waals surface area contributed by atoms with Gasteiger partial charge in [-0.25, -0.2) is 4.98 Å². The van der Waals surface area contributed by atoms with E-state index in [1.54, 1.807) is 53.5 Å². The molecule has 0 saturated heterocycles. The number of pyridine rings is 2. The highest BCUT2D eigenvalue weighted by Gasteiger charge is 2.43. The number of nitrogens with one attached hydrogen (secondary N) is 1. The molecule has 4 aromatic rings. The van der Waals surface area contributed by atoms with Gasteiger partial charge in [0.1, 0.15) is 28.4 Å². The van der Waals surface area contributed by atoms with Crippen molar-refractivity contribution in [3.8, 4) is 11.5 Å². The highest BCUT2D eigenvalue weighted by Crippen LogP contribution is 2.41. The highest BCUT2D eigenvalue weighted by atomic mass is 19.4. The van der Waals surface area contributed by atoms with E-state index in [1.165, 1.54) is 24.3 Å². The molecule has 186 valence electrons. The van der Waals surface area contributed by atoms with E-state index in [2.05, 4.69) is 20.0 Å². The molecule has 0 radical (unpaired) electrons. The van der Waals surface area contributed by atoms with Crippen LogP contribution in [0.2, 0.25) is 0 Å². The Morgan fingerprint density at radius 2 is 1.89 bits per heavy atom. The standard InChI is InChI=1S/C23H17F3N4O3.CH2O2/c24-23(25,26)33-17-6-4-16(5-7-17)22(9-13-32-18-2-1-10-28-20(18)22)29-21(31)15-3-8-19-27-11-12-30(19)14-15;2-1-3/h1-8,10-12,14H,9,13H2,(H,29,31);1H,(H,2,3)/t22-;/m0./s1. The number of rotatable bonds is 4. The molecule has 2 N–H and O–H groups in total. The van der Waals surface area contributed by atoms with Gasteiger partial charge in [-0.05, 0) is 42.0 Å². The average Bonchev–Trinajstić information content (AvgIpc) is 3.32. The van der Waals surface area contributed by atoms with Crippen LogP contribution in [-0.4, -0.2) is 44.8 Å². The number of hydrogen-bond donors (Lipinski definition) is 2. The minimum Gasteiger partial charge on any atom is -0.491 e. The van der Waals surface area contributed by atoms with Gasteiger partial charge in [-0.15, -0.1) is 13.2 Å². The van der Waals surface area contributed by atoms with Crippen LogP contribution in [-0.2, 0) is 10.3 Å². The summed E-state index contributed by atoms with van der Waals surface area (Å²) in [5, 5.41) is 9.96. The van der Waals surface area contributed by atoms with E-state index in [1.807, 2.05) is 0 Å². The lowest BCUT2D eigenvalue weighted by molar-refractivity contribution is -0.274. The molecule has 9 nitrogen and oxygen atoms in total. The lowest BCUT2D eigenvalue weighted by atomic mass is 9.81. The monoisotopic (exact) mass is 500 g/mol. The first-order chi connectivity index (χ1) is 17.3. The second-order valence-electron chi connectivity index (χ2n) is 7.60. The number of nitrogens with zero attached hydrogens (tertiary/aromatic N) is 3. The largest absolute Gasteiger partial charge is 0.573 e. The van der Waals surface area contributed by atoms with Crippen LogP contribution in [0.4, 0.5) is 13.2 Å². The maximum absolute atomic E-state index is 13.3. The van der Waals surface area contributed by atoms with Gasteiger partial charge < -0.3 is 24.3 Å². The number of amides is 1. The predicted octanol–water partition coefficient (Wildman–Crippen LogP) is 3.78.